The molecule has 28 heavy (non-hydrogen) atoms. The van der Waals surface area contributed by atoms with Gasteiger partial charge < -0.3 is 20.1 Å². The first-order valence-electron chi connectivity index (χ1n) is 9.80. The quantitative estimate of drug-likeness (QED) is 0.568. The predicted octanol–water partition coefficient (Wildman–Crippen LogP) is 3.02. The Morgan fingerprint density at radius 2 is 2.00 bits per heavy atom. The molecule has 5 nitrogen and oxygen atoms in total. The van der Waals surface area contributed by atoms with Crippen molar-refractivity contribution in [3.8, 4) is 5.75 Å². The summed E-state index contributed by atoms with van der Waals surface area (Å²) in [4.78, 5) is 6.84. The predicted molar refractivity (Wildman–Crippen MR) is 109 cm³/mol. The zero-order chi connectivity index (χ0) is 19.8. The largest absolute Gasteiger partial charge is 0.491 e. The Labute approximate surface area is 165 Å². The van der Waals surface area contributed by atoms with Crippen LogP contribution in [-0.2, 0) is 0 Å². The van der Waals surface area contributed by atoms with Crippen molar-refractivity contribution >= 4 is 5.96 Å². The molecule has 2 N–H and O–H groups in total. The number of guanidine groups is 1. The molecule has 1 aliphatic rings. The van der Waals surface area contributed by atoms with Gasteiger partial charge in [0.2, 0.25) is 0 Å². The molecule has 0 aliphatic carbocycles. The number of aliphatic imine (C=N–C) groups is 1. The number of aliphatic hydroxyl groups is 1. The fraction of sp³-hybridized carbons (Fsp3) is 0.409. The number of nitrogens with zero attached hydrogens (tertiary/aromatic N) is 2. The van der Waals surface area contributed by atoms with Crippen LogP contribution in [0.15, 0.2) is 59.6 Å². The van der Waals surface area contributed by atoms with E-state index in [-0.39, 0.29) is 19.0 Å². The molecule has 0 bridgehead atoms. The molecule has 2 atom stereocenters. The number of hydrogen-bond donors (Lipinski definition) is 2. The molecule has 0 spiro atoms. The van der Waals surface area contributed by atoms with Crippen molar-refractivity contribution in [2.75, 3.05) is 32.8 Å². The normalized spacial score (nSPS) is 18.2. The van der Waals surface area contributed by atoms with Crippen LogP contribution in [0.4, 0.5) is 4.39 Å². The molecule has 0 amide bonds. The number of rotatable bonds is 7. The van der Waals surface area contributed by atoms with Crippen LogP contribution < -0.4 is 10.1 Å². The van der Waals surface area contributed by atoms with Crippen molar-refractivity contribution in [1.29, 1.82) is 0 Å². The zero-order valence-corrected chi connectivity index (χ0v) is 16.2. The summed E-state index contributed by atoms with van der Waals surface area (Å²) in [5, 5.41) is 13.5. The number of aliphatic hydroxyl groups excluding tert-OH is 1. The van der Waals surface area contributed by atoms with E-state index in [0.717, 1.165) is 32.0 Å². The van der Waals surface area contributed by atoms with Gasteiger partial charge in [0.15, 0.2) is 5.96 Å². The third kappa shape index (κ3) is 5.70. The maximum atomic E-state index is 12.9. The van der Waals surface area contributed by atoms with Crippen molar-refractivity contribution in [3.05, 3.63) is 66.0 Å². The van der Waals surface area contributed by atoms with Gasteiger partial charge in [0.25, 0.3) is 0 Å². The standard InChI is InChI=1S/C22H28FN3O2/c1-2-24-22(26-13-12-18(15-26)17-6-4-3-5-7-17)25-14-20(27)16-28-21-10-8-19(23)9-11-21/h3-11,18,20,27H,2,12-16H2,1H3,(H,24,25). The second kappa shape index (κ2) is 10.1. The smallest absolute Gasteiger partial charge is 0.194 e. The molecule has 3 rings (SSSR count). The summed E-state index contributed by atoms with van der Waals surface area (Å²) in [7, 11) is 0. The van der Waals surface area contributed by atoms with E-state index in [0.29, 0.717) is 11.7 Å². The lowest BCUT2D eigenvalue weighted by molar-refractivity contribution is 0.114. The Bertz CT molecular complexity index is 752. The summed E-state index contributed by atoms with van der Waals surface area (Å²) >= 11 is 0. The number of hydrogen-bond acceptors (Lipinski definition) is 3. The summed E-state index contributed by atoms with van der Waals surface area (Å²) in [6.07, 6.45) is 0.358. The van der Waals surface area contributed by atoms with Gasteiger partial charge in [-0.15, -0.1) is 0 Å². The molecule has 1 fully saturated rings. The molecule has 1 aliphatic heterocycles. The van der Waals surface area contributed by atoms with E-state index >= 15 is 0 Å². The molecule has 0 radical (unpaired) electrons. The first-order valence-corrected chi connectivity index (χ1v) is 9.80. The SMILES string of the molecule is CCNC(=NCC(O)COc1ccc(F)cc1)N1CCC(c2ccccc2)C1. The Balaban J connectivity index is 1.52. The van der Waals surface area contributed by atoms with Crippen molar-refractivity contribution < 1.29 is 14.2 Å². The molecule has 2 aromatic carbocycles. The van der Waals surface area contributed by atoms with Crippen LogP contribution >= 0.6 is 0 Å². The average molecular weight is 385 g/mol. The highest BCUT2D eigenvalue weighted by Crippen LogP contribution is 2.26. The lowest BCUT2D eigenvalue weighted by Gasteiger charge is -2.22. The van der Waals surface area contributed by atoms with Crippen LogP contribution in [0.2, 0.25) is 0 Å². The second-order valence-corrected chi connectivity index (χ2v) is 6.96. The number of ether oxygens (including phenoxy) is 1. The van der Waals surface area contributed by atoms with Crippen LogP contribution in [0.1, 0.15) is 24.8 Å². The Morgan fingerprint density at radius 1 is 1.25 bits per heavy atom. The fourth-order valence-electron chi connectivity index (χ4n) is 3.34. The third-order valence-electron chi connectivity index (χ3n) is 4.80. The van der Waals surface area contributed by atoms with Crippen molar-refractivity contribution in [3.63, 3.8) is 0 Å². The molecule has 0 aromatic heterocycles. The van der Waals surface area contributed by atoms with E-state index in [1.165, 1.54) is 17.7 Å². The summed E-state index contributed by atoms with van der Waals surface area (Å²) in [6.45, 7) is 5.02. The minimum Gasteiger partial charge on any atom is -0.491 e. The molecule has 0 saturated carbocycles. The van der Waals surface area contributed by atoms with Gasteiger partial charge in [0, 0.05) is 25.6 Å². The van der Waals surface area contributed by atoms with Gasteiger partial charge in [-0.1, -0.05) is 30.3 Å². The van der Waals surface area contributed by atoms with E-state index in [1.807, 2.05) is 13.0 Å². The minimum atomic E-state index is -0.730. The zero-order valence-electron chi connectivity index (χ0n) is 16.2. The molecular weight excluding hydrogens is 357 g/mol. The van der Waals surface area contributed by atoms with Crippen molar-refractivity contribution in [1.82, 2.24) is 10.2 Å². The molecule has 1 heterocycles. The Hall–Kier alpha value is -2.60. The summed E-state index contributed by atoms with van der Waals surface area (Å²) in [6, 6.07) is 16.3. The first kappa shape index (κ1) is 20.1. The number of likely N-dealkylation sites (tertiary alicyclic amines) is 1. The van der Waals surface area contributed by atoms with Crippen LogP contribution in [0, 0.1) is 5.82 Å². The highest BCUT2D eigenvalue weighted by atomic mass is 19.1. The van der Waals surface area contributed by atoms with Gasteiger partial charge in [-0.05, 0) is 43.2 Å². The molecular formula is C22H28FN3O2. The average Bonchev–Trinajstić information content (AvgIpc) is 3.21. The van der Waals surface area contributed by atoms with E-state index in [2.05, 4.69) is 39.5 Å². The van der Waals surface area contributed by atoms with Crippen molar-refractivity contribution in [2.24, 2.45) is 4.99 Å². The highest BCUT2D eigenvalue weighted by molar-refractivity contribution is 5.80. The minimum absolute atomic E-state index is 0.112. The topological polar surface area (TPSA) is 57.1 Å². The van der Waals surface area contributed by atoms with Crippen LogP contribution in [0.25, 0.3) is 0 Å². The molecule has 2 aromatic rings. The van der Waals surface area contributed by atoms with Gasteiger partial charge in [-0.3, -0.25) is 4.99 Å². The van der Waals surface area contributed by atoms with Gasteiger partial charge in [0.05, 0.1) is 6.54 Å². The second-order valence-electron chi connectivity index (χ2n) is 6.96. The van der Waals surface area contributed by atoms with Gasteiger partial charge in [0.1, 0.15) is 24.3 Å². The van der Waals surface area contributed by atoms with Crippen LogP contribution in [0.3, 0.4) is 0 Å². The Morgan fingerprint density at radius 3 is 2.71 bits per heavy atom. The van der Waals surface area contributed by atoms with Gasteiger partial charge in [-0.2, -0.15) is 0 Å². The number of benzene rings is 2. The summed E-state index contributed by atoms with van der Waals surface area (Å²) in [5.41, 5.74) is 1.36. The summed E-state index contributed by atoms with van der Waals surface area (Å²) < 4.78 is 18.4. The summed E-state index contributed by atoms with van der Waals surface area (Å²) in [5.74, 6) is 1.53. The van der Waals surface area contributed by atoms with E-state index in [9.17, 15) is 9.50 Å². The molecule has 6 heteroatoms. The van der Waals surface area contributed by atoms with Gasteiger partial charge in [-0.25, -0.2) is 4.39 Å². The van der Waals surface area contributed by atoms with E-state index in [4.69, 9.17) is 4.74 Å². The van der Waals surface area contributed by atoms with E-state index < -0.39 is 6.10 Å². The van der Waals surface area contributed by atoms with Crippen molar-refractivity contribution in [2.45, 2.75) is 25.4 Å². The number of halogens is 1. The monoisotopic (exact) mass is 385 g/mol. The van der Waals surface area contributed by atoms with Crippen LogP contribution in [0.5, 0.6) is 5.75 Å². The third-order valence-corrected chi connectivity index (χ3v) is 4.80. The maximum Gasteiger partial charge on any atom is 0.194 e. The molecule has 1 saturated heterocycles. The van der Waals surface area contributed by atoms with Crippen LogP contribution in [-0.4, -0.2) is 54.9 Å². The van der Waals surface area contributed by atoms with E-state index in [1.54, 1.807) is 12.1 Å². The Kier molecular flexibility index (Phi) is 7.25. The molecule has 150 valence electrons. The number of nitrogens with one attached hydrogen (secondary N) is 1. The highest BCUT2D eigenvalue weighted by Gasteiger charge is 2.26. The fourth-order valence-corrected chi connectivity index (χ4v) is 3.34. The lowest BCUT2D eigenvalue weighted by atomic mass is 9.99. The first-order chi connectivity index (χ1) is 13.7. The van der Waals surface area contributed by atoms with Gasteiger partial charge >= 0.3 is 0 Å². The maximum absolute atomic E-state index is 12.9. The lowest BCUT2D eigenvalue weighted by Crippen LogP contribution is -2.40. The molecule has 2 unspecified atom stereocenters.